The van der Waals surface area contributed by atoms with Crippen LogP contribution in [0, 0.1) is 5.92 Å². The number of hydrogen-bond acceptors (Lipinski definition) is 7. The van der Waals surface area contributed by atoms with Crippen molar-refractivity contribution in [1.82, 2.24) is 9.97 Å². The van der Waals surface area contributed by atoms with Gasteiger partial charge in [0.25, 0.3) is 5.91 Å². The number of carbonyl (C=O) groups excluding carboxylic acids is 1. The molecular weight excluding hydrogens is 400 g/mol. The summed E-state index contributed by atoms with van der Waals surface area (Å²) < 4.78 is 12.4. The third-order valence-corrected chi connectivity index (χ3v) is 5.51. The fourth-order valence-electron chi connectivity index (χ4n) is 3.06. The first-order valence-electron chi connectivity index (χ1n) is 9.53. The normalized spacial score (nSPS) is 11.2. The molecule has 0 saturated heterocycles. The van der Waals surface area contributed by atoms with Crippen LogP contribution < -0.4 is 20.5 Å². The van der Waals surface area contributed by atoms with Gasteiger partial charge in [-0.1, -0.05) is 25.2 Å². The van der Waals surface area contributed by atoms with Crippen molar-refractivity contribution < 1.29 is 14.3 Å². The Balaban J connectivity index is 1.68. The molecular formula is C22H22N4O3S. The predicted molar refractivity (Wildman–Crippen MR) is 120 cm³/mol. The number of fused-ring (bicyclic) bond motifs is 2. The molecule has 0 aliphatic rings. The maximum atomic E-state index is 11.8. The fraction of sp³-hybridized carbons (Fsp3) is 0.227. The number of pyridine rings is 1. The summed E-state index contributed by atoms with van der Waals surface area (Å²) >= 11 is 1.59. The van der Waals surface area contributed by atoms with Crippen molar-refractivity contribution in [3.63, 3.8) is 0 Å². The van der Waals surface area contributed by atoms with Gasteiger partial charge in [0.2, 0.25) is 0 Å². The van der Waals surface area contributed by atoms with Gasteiger partial charge in [0.1, 0.15) is 17.2 Å². The van der Waals surface area contributed by atoms with Gasteiger partial charge >= 0.3 is 0 Å². The van der Waals surface area contributed by atoms with Crippen LogP contribution in [0.2, 0.25) is 0 Å². The highest BCUT2D eigenvalue weighted by Gasteiger charge is 2.15. The Bertz CT molecular complexity index is 1240. The monoisotopic (exact) mass is 422 g/mol. The standard InChI is InChI=1S/C22H22N4O3S/c1-12(2)11-25-22-26-16-5-4-13(8-20(16)30-22)29-18-6-7-24-17-10-19(28-3)15(21(23)27)9-14(17)18/h4-10,12H,11H2,1-3H3,(H2,23,27)(H,25,26). The third-order valence-electron chi connectivity index (χ3n) is 4.54. The smallest absolute Gasteiger partial charge is 0.252 e. The van der Waals surface area contributed by atoms with Gasteiger partial charge in [-0.3, -0.25) is 9.78 Å². The summed E-state index contributed by atoms with van der Waals surface area (Å²) in [5, 5.41) is 4.93. The first-order chi connectivity index (χ1) is 14.4. The number of nitrogens with zero attached hydrogens (tertiary/aromatic N) is 2. The van der Waals surface area contributed by atoms with Gasteiger partial charge in [0, 0.05) is 30.3 Å². The summed E-state index contributed by atoms with van der Waals surface area (Å²) in [6, 6.07) is 10.9. The lowest BCUT2D eigenvalue weighted by atomic mass is 10.1. The number of primary amides is 1. The lowest BCUT2D eigenvalue weighted by Gasteiger charge is -2.11. The van der Waals surface area contributed by atoms with Gasteiger partial charge in [0.05, 0.1) is 28.4 Å². The second-order valence-electron chi connectivity index (χ2n) is 7.27. The van der Waals surface area contributed by atoms with Gasteiger partial charge in [-0.15, -0.1) is 0 Å². The number of methoxy groups -OCH3 is 1. The summed E-state index contributed by atoms with van der Waals surface area (Å²) in [6.45, 7) is 5.19. The van der Waals surface area contributed by atoms with Crippen molar-refractivity contribution in [3.8, 4) is 17.2 Å². The molecule has 154 valence electrons. The van der Waals surface area contributed by atoms with E-state index in [4.69, 9.17) is 15.2 Å². The van der Waals surface area contributed by atoms with Gasteiger partial charge in [-0.05, 0) is 30.2 Å². The number of amides is 1. The molecule has 1 amide bonds. The molecule has 0 aliphatic heterocycles. The van der Waals surface area contributed by atoms with Crippen molar-refractivity contribution in [2.24, 2.45) is 11.7 Å². The van der Waals surface area contributed by atoms with E-state index >= 15 is 0 Å². The quantitative estimate of drug-likeness (QED) is 0.443. The van der Waals surface area contributed by atoms with Crippen LogP contribution in [0.3, 0.4) is 0 Å². The molecule has 8 heteroatoms. The van der Waals surface area contributed by atoms with Crippen LogP contribution in [-0.4, -0.2) is 29.5 Å². The van der Waals surface area contributed by atoms with Crippen LogP contribution in [-0.2, 0) is 0 Å². The molecule has 0 bridgehead atoms. The molecule has 2 aromatic carbocycles. The summed E-state index contributed by atoms with van der Waals surface area (Å²) in [5.41, 5.74) is 7.34. The lowest BCUT2D eigenvalue weighted by molar-refractivity contribution is 0.0997. The molecule has 4 aromatic rings. The Hall–Kier alpha value is -3.39. The summed E-state index contributed by atoms with van der Waals surface area (Å²) in [6.07, 6.45) is 1.65. The zero-order valence-corrected chi connectivity index (χ0v) is 17.7. The summed E-state index contributed by atoms with van der Waals surface area (Å²) in [4.78, 5) is 20.8. The lowest BCUT2D eigenvalue weighted by Crippen LogP contribution is -2.12. The van der Waals surface area contributed by atoms with E-state index < -0.39 is 5.91 Å². The minimum absolute atomic E-state index is 0.279. The van der Waals surface area contributed by atoms with Crippen molar-refractivity contribution in [2.45, 2.75) is 13.8 Å². The van der Waals surface area contributed by atoms with E-state index in [0.29, 0.717) is 34.1 Å². The molecule has 3 N–H and O–H groups in total. The van der Waals surface area contributed by atoms with Gasteiger partial charge in [-0.2, -0.15) is 0 Å². The van der Waals surface area contributed by atoms with Gasteiger partial charge in [-0.25, -0.2) is 4.98 Å². The van der Waals surface area contributed by atoms with E-state index in [2.05, 4.69) is 29.1 Å². The highest BCUT2D eigenvalue weighted by atomic mass is 32.1. The largest absolute Gasteiger partial charge is 0.496 e. The van der Waals surface area contributed by atoms with Crippen LogP contribution in [0.1, 0.15) is 24.2 Å². The van der Waals surface area contributed by atoms with Crippen LogP contribution in [0.15, 0.2) is 42.6 Å². The number of benzene rings is 2. The number of nitrogens with two attached hydrogens (primary N) is 1. The molecule has 7 nitrogen and oxygen atoms in total. The minimum atomic E-state index is -0.573. The number of nitrogens with one attached hydrogen (secondary N) is 1. The maximum Gasteiger partial charge on any atom is 0.252 e. The molecule has 0 spiro atoms. The molecule has 4 rings (SSSR count). The number of anilines is 1. The molecule has 30 heavy (non-hydrogen) atoms. The van der Waals surface area contributed by atoms with E-state index in [1.807, 2.05) is 18.2 Å². The van der Waals surface area contributed by atoms with E-state index in [1.165, 1.54) is 7.11 Å². The van der Waals surface area contributed by atoms with E-state index in [-0.39, 0.29) is 5.56 Å². The van der Waals surface area contributed by atoms with E-state index in [1.54, 1.807) is 35.7 Å². The Morgan fingerprint density at radius 1 is 1.17 bits per heavy atom. The SMILES string of the molecule is COc1cc2nccc(Oc3ccc4nc(NCC(C)C)sc4c3)c2cc1C(N)=O. The number of carbonyl (C=O) groups is 1. The topological polar surface area (TPSA) is 99.4 Å². The second-order valence-corrected chi connectivity index (χ2v) is 8.30. The van der Waals surface area contributed by atoms with E-state index in [9.17, 15) is 4.79 Å². The third kappa shape index (κ3) is 3.99. The van der Waals surface area contributed by atoms with Crippen LogP contribution in [0.25, 0.3) is 21.1 Å². The molecule has 0 radical (unpaired) electrons. The Kier molecular flexibility index (Phi) is 5.41. The second kappa shape index (κ2) is 8.16. The molecule has 0 unspecified atom stereocenters. The fourth-order valence-corrected chi connectivity index (χ4v) is 3.96. The first kappa shape index (κ1) is 19.9. The Morgan fingerprint density at radius 2 is 2.00 bits per heavy atom. The number of thiazole rings is 1. The molecule has 0 saturated carbocycles. The molecule has 0 atom stereocenters. The number of hydrogen-bond donors (Lipinski definition) is 2. The molecule has 2 heterocycles. The zero-order valence-electron chi connectivity index (χ0n) is 16.9. The predicted octanol–water partition coefficient (Wildman–Crippen LogP) is 4.81. The Labute approximate surface area is 177 Å². The number of aromatic nitrogens is 2. The minimum Gasteiger partial charge on any atom is -0.496 e. The summed E-state index contributed by atoms with van der Waals surface area (Å²) in [7, 11) is 1.49. The summed E-state index contributed by atoms with van der Waals surface area (Å²) in [5.74, 6) is 1.60. The van der Waals surface area contributed by atoms with Crippen molar-refractivity contribution in [1.29, 1.82) is 0 Å². The average molecular weight is 423 g/mol. The average Bonchev–Trinajstić information content (AvgIpc) is 3.13. The van der Waals surface area contributed by atoms with Crippen molar-refractivity contribution in [2.75, 3.05) is 19.0 Å². The van der Waals surface area contributed by atoms with Crippen LogP contribution in [0.5, 0.6) is 17.2 Å². The molecule has 2 aromatic heterocycles. The first-order valence-corrected chi connectivity index (χ1v) is 10.3. The van der Waals surface area contributed by atoms with Gasteiger partial charge < -0.3 is 20.5 Å². The highest BCUT2D eigenvalue weighted by Crippen LogP contribution is 2.35. The van der Waals surface area contributed by atoms with Crippen molar-refractivity contribution >= 4 is 43.5 Å². The van der Waals surface area contributed by atoms with Gasteiger partial charge in [0.15, 0.2) is 5.13 Å². The zero-order chi connectivity index (χ0) is 21.3. The Morgan fingerprint density at radius 3 is 2.73 bits per heavy atom. The van der Waals surface area contributed by atoms with Crippen LogP contribution >= 0.6 is 11.3 Å². The van der Waals surface area contributed by atoms with Crippen LogP contribution in [0.4, 0.5) is 5.13 Å². The number of rotatable bonds is 7. The maximum absolute atomic E-state index is 11.8. The van der Waals surface area contributed by atoms with Crippen molar-refractivity contribution in [3.05, 3.63) is 48.2 Å². The molecule has 0 fully saturated rings. The van der Waals surface area contributed by atoms with E-state index in [0.717, 1.165) is 21.9 Å². The number of ether oxygens (including phenoxy) is 2. The highest BCUT2D eigenvalue weighted by molar-refractivity contribution is 7.22. The molecule has 0 aliphatic carbocycles.